The van der Waals surface area contributed by atoms with Gasteiger partial charge in [0.05, 0.1) is 19.9 Å². The zero-order valence-electron chi connectivity index (χ0n) is 13.3. The normalized spacial score (nSPS) is 18.8. The smallest absolute Gasteiger partial charge is 0.228 e. The van der Waals surface area contributed by atoms with E-state index in [0.717, 1.165) is 12.0 Å². The molecule has 0 saturated heterocycles. The van der Waals surface area contributed by atoms with Crippen LogP contribution in [0.4, 0.5) is 5.69 Å². The van der Waals surface area contributed by atoms with Gasteiger partial charge in [-0.05, 0) is 48.2 Å². The summed E-state index contributed by atoms with van der Waals surface area (Å²) in [6, 6.07) is 10.7. The van der Waals surface area contributed by atoms with Crippen LogP contribution in [0.25, 0.3) is 0 Å². The average Bonchev–Trinajstić information content (AvgIpc) is 3.35. The number of nitrogens with one attached hydrogen (secondary N) is 1. The molecule has 6 heteroatoms. The number of halogens is 2. The first kappa shape index (κ1) is 16.9. The monoisotopic (exact) mass is 365 g/mol. The fraction of sp³-hybridized carbons (Fsp3) is 0.278. The van der Waals surface area contributed by atoms with Crippen molar-refractivity contribution in [3.05, 3.63) is 52.0 Å². The lowest BCUT2D eigenvalue weighted by molar-refractivity contribution is -0.117. The summed E-state index contributed by atoms with van der Waals surface area (Å²) in [6.45, 7) is 0. The molecule has 2 aromatic rings. The van der Waals surface area contributed by atoms with Gasteiger partial charge < -0.3 is 14.8 Å². The van der Waals surface area contributed by atoms with Crippen LogP contribution in [-0.4, -0.2) is 20.1 Å². The van der Waals surface area contributed by atoms with Crippen LogP contribution in [0.15, 0.2) is 36.4 Å². The summed E-state index contributed by atoms with van der Waals surface area (Å²) in [6.07, 6.45) is 0.779. The van der Waals surface area contributed by atoms with Crippen molar-refractivity contribution < 1.29 is 14.3 Å². The molecule has 2 aromatic carbocycles. The molecule has 0 aromatic heterocycles. The third-order valence-corrected chi connectivity index (χ3v) is 4.54. The first-order valence-corrected chi connectivity index (χ1v) is 8.26. The fourth-order valence-electron chi connectivity index (χ4n) is 2.77. The number of amides is 1. The van der Waals surface area contributed by atoms with E-state index in [9.17, 15) is 4.79 Å². The van der Waals surface area contributed by atoms with Gasteiger partial charge in [-0.1, -0.05) is 23.2 Å². The molecule has 1 N–H and O–H groups in total. The highest BCUT2D eigenvalue weighted by atomic mass is 35.5. The Bertz CT molecular complexity index is 759. The molecule has 3 rings (SSSR count). The van der Waals surface area contributed by atoms with Crippen molar-refractivity contribution in [2.24, 2.45) is 5.92 Å². The Hall–Kier alpha value is -1.91. The Kier molecular flexibility index (Phi) is 4.88. The lowest BCUT2D eigenvalue weighted by Crippen LogP contribution is -2.15. The third kappa shape index (κ3) is 3.60. The number of carbonyl (C=O) groups excluding carboxylic acids is 1. The number of benzene rings is 2. The second-order valence-electron chi connectivity index (χ2n) is 5.71. The van der Waals surface area contributed by atoms with Crippen LogP contribution in [0.5, 0.6) is 11.5 Å². The van der Waals surface area contributed by atoms with Crippen molar-refractivity contribution in [2.75, 3.05) is 19.5 Å². The maximum atomic E-state index is 12.5. The molecule has 0 spiro atoms. The number of carbonyl (C=O) groups is 1. The van der Waals surface area contributed by atoms with Crippen LogP contribution in [0, 0.1) is 5.92 Å². The van der Waals surface area contributed by atoms with E-state index >= 15 is 0 Å². The molecular formula is C18H17Cl2NO3. The molecule has 0 heterocycles. The minimum Gasteiger partial charge on any atom is -0.497 e. The van der Waals surface area contributed by atoms with Crippen LogP contribution in [0.3, 0.4) is 0 Å². The van der Waals surface area contributed by atoms with Gasteiger partial charge in [0.25, 0.3) is 0 Å². The molecule has 1 fully saturated rings. The number of ether oxygens (including phenoxy) is 2. The summed E-state index contributed by atoms with van der Waals surface area (Å²) in [7, 11) is 3.14. The van der Waals surface area contributed by atoms with Crippen LogP contribution in [0.1, 0.15) is 17.9 Å². The topological polar surface area (TPSA) is 47.6 Å². The molecule has 1 aliphatic carbocycles. The molecule has 0 unspecified atom stereocenters. The van der Waals surface area contributed by atoms with Crippen LogP contribution in [-0.2, 0) is 4.79 Å². The van der Waals surface area contributed by atoms with E-state index in [1.165, 1.54) is 0 Å². The van der Waals surface area contributed by atoms with E-state index in [0.29, 0.717) is 27.2 Å². The van der Waals surface area contributed by atoms with E-state index in [4.69, 9.17) is 32.7 Å². The maximum absolute atomic E-state index is 12.5. The average molecular weight is 366 g/mol. The van der Waals surface area contributed by atoms with E-state index < -0.39 is 0 Å². The molecular weight excluding hydrogens is 349 g/mol. The molecule has 0 radical (unpaired) electrons. The van der Waals surface area contributed by atoms with Gasteiger partial charge in [-0.2, -0.15) is 0 Å². The van der Waals surface area contributed by atoms with Crippen molar-refractivity contribution in [1.82, 2.24) is 0 Å². The highest BCUT2D eigenvalue weighted by molar-refractivity contribution is 6.34. The number of rotatable bonds is 5. The fourth-order valence-corrected chi connectivity index (χ4v) is 3.31. The predicted molar refractivity (Wildman–Crippen MR) is 95.5 cm³/mol. The van der Waals surface area contributed by atoms with Crippen LogP contribution >= 0.6 is 23.2 Å². The molecule has 1 aliphatic rings. The third-order valence-electron chi connectivity index (χ3n) is 4.11. The second-order valence-corrected chi connectivity index (χ2v) is 6.58. The zero-order chi connectivity index (χ0) is 17.3. The summed E-state index contributed by atoms with van der Waals surface area (Å²) >= 11 is 12.1. The van der Waals surface area contributed by atoms with Crippen molar-refractivity contribution in [3.8, 4) is 11.5 Å². The van der Waals surface area contributed by atoms with Gasteiger partial charge in [0, 0.05) is 22.0 Å². The largest absolute Gasteiger partial charge is 0.497 e. The van der Waals surface area contributed by atoms with Gasteiger partial charge in [0.2, 0.25) is 5.91 Å². The molecule has 126 valence electrons. The number of hydrogen-bond acceptors (Lipinski definition) is 3. The SMILES string of the molecule is COc1ccc(NC(=O)[C@@H]2C[C@H]2c2cc(Cl)cc(Cl)c2)c(OC)c1. The summed E-state index contributed by atoms with van der Waals surface area (Å²) < 4.78 is 10.5. The molecule has 0 bridgehead atoms. The van der Waals surface area contributed by atoms with Gasteiger partial charge >= 0.3 is 0 Å². The van der Waals surface area contributed by atoms with E-state index in [1.54, 1.807) is 38.5 Å². The number of hydrogen-bond donors (Lipinski definition) is 1. The van der Waals surface area contributed by atoms with Gasteiger partial charge in [-0.25, -0.2) is 0 Å². The Morgan fingerprint density at radius 2 is 1.79 bits per heavy atom. The molecule has 4 nitrogen and oxygen atoms in total. The minimum absolute atomic E-state index is 0.0421. The Morgan fingerprint density at radius 1 is 1.08 bits per heavy atom. The van der Waals surface area contributed by atoms with Crippen LogP contribution in [0.2, 0.25) is 10.0 Å². The van der Waals surface area contributed by atoms with Gasteiger partial charge in [0.15, 0.2) is 0 Å². The Balaban J connectivity index is 1.71. The van der Waals surface area contributed by atoms with Crippen molar-refractivity contribution in [1.29, 1.82) is 0 Å². The molecule has 2 atom stereocenters. The molecule has 1 amide bonds. The van der Waals surface area contributed by atoms with Crippen molar-refractivity contribution in [2.45, 2.75) is 12.3 Å². The second kappa shape index (κ2) is 6.91. The zero-order valence-corrected chi connectivity index (χ0v) is 14.8. The van der Waals surface area contributed by atoms with E-state index in [2.05, 4.69) is 5.32 Å². The summed E-state index contributed by atoms with van der Waals surface area (Å²) in [5.41, 5.74) is 1.62. The van der Waals surface area contributed by atoms with E-state index in [-0.39, 0.29) is 17.7 Å². The molecule has 0 aliphatic heterocycles. The summed E-state index contributed by atoms with van der Waals surface area (Å²) in [5.74, 6) is 1.24. The van der Waals surface area contributed by atoms with Gasteiger partial charge in [0.1, 0.15) is 11.5 Å². The number of methoxy groups -OCH3 is 2. The molecule has 1 saturated carbocycles. The Morgan fingerprint density at radius 3 is 2.42 bits per heavy atom. The van der Waals surface area contributed by atoms with Crippen LogP contribution < -0.4 is 14.8 Å². The summed E-state index contributed by atoms with van der Waals surface area (Å²) in [5, 5.41) is 4.09. The van der Waals surface area contributed by atoms with E-state index in [1.807, 2.05) is 12.1 Å². The lowest BCUT2D eigenvalue weighted by atomic mass is 10.1. The van der Waals surface area contributed by atoms with Gasteiger partial charge in [-0.3, -0.25) is 4.79 Å². The van der Waals surface area contributed by atoms with Gasteiger partial charge in [-0.15, -0.1) is 0 Å². The standard InChI is InChI=1S/C18H17Cl2NO3/c1-23-13-3-4-16(17(8-13)24-2)21-18(22)15-9-14(15)10-5-11(19)7-12(20)6-10/h3-8,14-15H,9H2,1-2H3,(H,21,22)/t14-,15+/m0/s1. The molecule has 24 heavy (non-hydrogen) atoms. The quantitative estimate of drug-likeness (QED) is 0.831. The Labute approximate surface area is 150 Å². The highest BCUT2D eigenvalue weighted by Gasteiger charge is 2.44. The van der Waals surface area contributed by atoms with Crippen molar-refractivity contribution in [3.63, 3.8) is 0 Å². The minimum atomic E-state index is -0.0914. The predicted octanol–water partition coefficient (Wildman–Crippen LogP) is 4.75. The maximum Gasteiger partial charge on any atom is 0.228 e. The first-order chi connectivity index (χ1) is 11.5. The first-order valence-electron chi connectivity index (χ1n) is 7.50. The number of anilines is 1. The van der Waals surface area contributed by atoms with Crippen molar-refractivity contribution >= 4 is 34.8 Å². The lowest BCUT2D eigenvalue weighted by Gasteiger charge is -2.11. The summed E-state index contributed by atoms with van der Waals surface area (Å²) in [4.78, 5) is 12.5. The highest BCUT2D eigenvalue weighted by Crippen LogP contribution is 2.49.